The van der Waals surface area contributed by atoms with Crippen LogP contribution in [-0.4, -0.2) is 39.2 Å². The van der Waals surface area contributed by atoms with Gasteiger partial charge in [-0.15, -0.1) is 0 Å². The summed E-state index contributed by atoms with van der Waals surface area (Å²) in [5.74, 6) is 0.636. The second-order valence-electron chi connectivity index (χ2n) is 8.91. The van der Waals surface area contributed by atoms with Crippen LogP contribution >= 0.6 is 11.6 Å². The molecule has 2 aromatic carbocycles. The maximum absolute atomic E-state index is 11.1. The molecular formula is C25H28ClN3O3. The number of likely N-dealkylation sites (tertiary alicyclic amines) is 1. The molecule has 1 aliphatic heterocycles. The maximum Gasteiger partial charge on any atom is 0.306 e. The lowest BCUT2D eigenvalue weighted by atomic mass is 9.97. The summed E-state index contributed by atoms with van der Waals surface area (Å²) in [6.45, 7) is 6.77. The third-order valence-corrected chi connectivity index (χ3v) is 6.26. The summed E-state index contributed by atoms with van der Waals surface area (Å²) in [6.07, 6.45) is 2.35. The standard InChI is InChI=1S/C25H28ClN3O3/c1-16(2)13-20-7-8-21(14-22(20)26)24-27-23(28-32-24)18-5-3-17(4-6-18)15-29-11-9-19(10-12-29)25(30)31/h3-8,14,16,19H,9-13,15H2,1-2H3,(H,30,31). The summed E-state index contributed by atoms with van der Waals surface area (Å²) in [6, 6.07) is 14.0. The molecule has 7 heteroatoms. The highest BCUT2D eigenvalue weighted by atomic mass is 35.5. The maximum atomic E-state index is 11.1. The molecule has 0 radical (unpaired) electrons. The molecule has 1 fully saturated rings. The largest absolute Gasteiger partial charge is 0.481 e. The second-order valence-corrected chi connectivity index (χ2v) is 9.32. The van der Waals surface area contributed by atoms with Gasteiger partial charge < -0.3 is 9.63 Å². The van der Waals surface area contributed by atoms with Crippen LogP contribution in [0.25, 0.3) is 22.8 Å². The lowest BCUT2D eigenvalue weighted by Crippen LogP contribution is -2.35. The number of nitrogens with zero attached hydrogens (tertiary/aromatic N) is 3. The van der Waals surface area contributed by atoms with Crippen molar-refractivity contribution in [2.75, 3.05) is 13.1 Å². The molecule has 3 aromatic rings. The van der Waals surface area contributed by atoms with Crippen LogP contribution in [0.1, 0.15) is 37.8 Å². The first-order chi connectivity index (χ1) is 15.4. The number of halogens is 1. The van der Waals surface area contributed by atoms with Gasteiger partial charge in [0.1, 0.15) is 0 Å². The molecule has 0 atom stereocenters. The lowest BCUT2D eigenvalue weighted by molar-refractivity contribution is -0.143. The fourth-order valence-corrected chi connectivity index (χ4v) is 4.36. The van der Waals surface area contributed by atoms with Crippen molar-refractivity contribution in [1.82, 2.24) is 15.0 Å². The molecular weight excluding hydrogens is 426 g/mol. The van der Waals surface area contributed by atoms with Gasteiger partial charge in [0.2, 0.25) is 5.82 Å². The average Bonchev–Trinajstić information content (AvgIpc) is 3.26. The van der Waals surface area contributed by atoms with Crippen LogP contribution in [0, 0.1) is 11.8 Å². The molecule has 2 heterocycles. The summed E-state index contributed by atoms with van der Waals surface area (Å²) in [5.41, 5.74) is 3.99. The molecule has 0 spiro atoms. The number of carboxylic acids is 1. The van der Waals surface area contributed by atoms with Gasteiger partial charge in [-0.25, -0.2) is 0 Å². The van der Waals surface area contributed by atoms with E-state index >= 15 is 0 Å². The van der Waals surface area contributed by atoms with E-state index in [2.05, 4.69) is 41.0 Å². The van der Waals surface area contributed by atoms with Gasteiger partial charge >= 0.3 is 5.97 Å². The van der Waals surface area contributed by atoms with Crippen LogP contribution < -0.4 is 0 Å². The topological polar surface area (TPSA) is 79.5 Å². The number of rotatable bonds is 7. The van der Waals surface area contributed by atoms with Crippen molar-refractivity contribution in [2.24, 2.45) is 11.8 Å². The van der Waals surface area contributed by atoms with Gasteiger partial charge in [0.15, 0.2) is 0 Å². The van der Waals surface area contributed by atoms with E-state index in [1.54, 1.807) is 0 Å². The number of piperidine rings is 1. The number of benzene rings is 2. The van der Waals surface area contributed by atoms with Crippen molar-refractivity contribution in [1.29, 1.82) is 0 Å². The van der Waals surface area contributed by atoms with Crippen LogP contribution in [0.5, 0.6) is 0 Å². The van der Waals surface area contributed by atoms with E-state index < -0.39 is 5.97 Å². The third kappa shape index (κ3) is 5.37. The predicted octanol–water partition coefficient (Wildman–Crippen LogP) is 5.55. The Morgan fingerprint density at radius 2 is 1.84 bits per heavy atom. The van der Waals surface area contributed by atoms with Crippen molar-refractivity contribution < 1.29 is 14.4 Å². The normalized spacial score (nSPS) is 15.4. The van der Waals surface area contributed by atoms with Crippen LogP contribution in [0.2, 0.25) is 5.02 Å². The number of aliphatic carboxylic acids is 1. The molecule has 6 nitrogen and oxygen atoms in total. The van der Waals surface area contributed by atoms with Crippen molar-refractivity contribution in [3.8, 4) is 22.8 Å². The number of carboxylic acid groups (broad SMARTS) is 1. The number of aromatic nitrogens is 2. The van der Waals surface area contributed by atoms with E-state index in [4.69, 9.17) is 21.2 Å². The Bertz CT molecular complexity index is 1070. The van der Waals surface area contributed by atoms with E-state index in [1.807, 2.05) is 30.3 Å². The van der Waals surface area contributed by atoms with Crippen molar-refractivity contribution >= 4 is 17.6 Å². The third-order valence-electron chi connectivity index (χ3n) is 5.91. The van der Waals surface area contributed by atoms with Crippen LogP contribution in [-0.2, 0) is 17.8 Å². The molecule has 1 aromatic heterocycles. The Morgan fingerprint density at radius 1 is 1.16 bits per heavy atom. The Morgan fingerprint density at radius 3 is 2.47 bits per heavy atom. The minimum Gasteiger partial charge on any atom is -0.481 e. The zero-order chi connectivity index (χ0) is 22.7. The van der Waals surface area contributed by atoms with E-state index in [0.717, 1.165) is 42.7 Å². The highest BCUT2D eigenvalue weighted by molar-refractivity contribution is 6.31. The highest BCUT2D eigenvalue weighted by Gasteiger charge is 2.24. The van der Waals surface area contributed by atoms with E-state index in [-0.39, 0.29) is 5.92 Å². The van der Waals surface area contributed by atoms with Gasteiger partial charge in [-0.05, 0) is 61.5 Å². The van der Waals surface area contributed by atoms with Crippen molar-refractivity contribution in [3.63, 3.8) is 0 Å². The fraction of sp³-hybridized carbons (Fsp3) is 0.400. The Kier molecular flexibility index (Phi) is 6.92. The first kappa shape index (κ1) is 22.5. The molecule has 0 aliphatic carbocycles. The first-order valence-electron chi connectivity index (χ1n) is 11.1. The van der Waals surface area contributed by atoms with Crippen LogP contribution in [0.15, 0.2) is 47.0 Å². The number of carbonyl (C=O) groups is 1. The number of hydrogen-bond donors (Lipinski definition) is 1. The molecule has 0 unspecified atom stereocenters. The van der Waals surface area contributed by atoms with Gasteiger partial charge in [-0.1, -0.05) is 60.9 Å². The van der Waals surface area contributed by atoms with Gasteiger partial charge in [0.25, 0.3) is 5.89 Å². The van der Waals surface area contributed by atoms with Crippen molar-refractivity contribution in [2.45, 2.75) is 39.7 Å². The molecule has 0 amide bonds. The average molecular weight is 454 g/mol. The van der Waals surface area contributed by atoms with Gasteiger partial charge in [-0.2, -0.15) is 4.98 Å². The molecule has 1 N–H and O–H groups in total. The SMILES string of the molecule is CC(C)Cc1ccc(-c2nc(-c3ccc(CN4CCC(C(=O)O)CC4)cc3)no2)cc1Cl. The molecule has 0 saturated carbocycles. The molecule has 168 valence electrons. The summed E-state index contributed by atoms with van der Waals surface area (Å²) >= 11 is 6.45. The van der Waals surface area contributed by atoms with Gasteiger partial charge in [-0.3, -0.25) is 9.69 Å². The van der Waals surface area contributed by atoms with E-state index in [9.17, 15) is 4.79 Å². The zero-order valence-electron chi connectivity index (χ0n) is 18.4. The van der Waals surface area contributed by atoms with Crippen LogP contribution in [0.3, 0.4) is 0 Å². The monoisotopic (exact) mass is 453 g/mol. The molecule has 0 bridgehead atoms. The molecule has 1 aliphatic rings. The highest BCUT2D eigenvalue weighted by Crippen LogP contribution is 2.28. The summed E-state index contributed by atoms with van der Waals surface area (Å²) in [7, 11) is 0. The first-order valence-corrected chi connectivity index (χ1v) is 11.4. The molecule has 32 heavy (non-hydrogen) atoms. The Labute approximate surface area is 193 Å². The second kappa shape index (κ2) is 9.84. The number of hydrogen-bond acceptors (Lipinski definition) is 5. The fourth-order valence-electron chi connectivity index (χ4n) is 4.10. The summed E-state index contributed by atoms with van der Waals surface area (Å²) < 4.78 is 5.49. The molecule has 1 saturated heterocycles. The minimum atomic E-state index is -0.678. The summed E-state index contributed by atoms with van der Waals surface area (Å²) in [4.78, 5) is 18.0. The summed E-state index contributed by atoms with van der Waals surface area (Å²) in [5, 5.41) is 14.0. The Balaban J connectivity index is 1.40. The van der Waals surface area contributed by atoms with Gasteiger partial charge in [0, 0.05) is 22.7 Å². The lowest BCUT2D eigenvalue weighted by Gasteiger charge is -2.30. The van der Waals surface area contributed by atoms with Gasteiger partial charge in [0.05, 0.1) is 5.92 Å². The minimum absolute atomic E-state index is 0.206. The van der Waals surface area contributed by atoms with E-state index in [1.165, 1.54) is 5.56 Å². The smallest absolute Gasteiger partial charge is 0.306 e. The quantitative estimate of drug-likeness (QED) is 0.505. The van der Waals surface area contributed by atoms with Crippen molar-refractivity contribution in [3.05, 3.63) is 58.6 Å². The Hall–Kier alpha value is -2.70. The zero-order valence-corrected chi connectivity index (χ0v) is 19.2. The van der Waals surface area contributed by atoms with Crippen LogP contribution in [0.4, 0.5) is 0 Å². The predicted molar refractivity (Wildman–Crippen MR) is 124 cm³/mol. The molecule has 4 rings (SSSR count). The van der Waals surface area contributed by atoms with E-state index in [0.29, 0.717) is 35.5 Å².